The van der Waals surface area contributed by atoms with Crippen LogP contribution in [-0.4, -0.2) is 0 Å². The topological polar surface area (TPSA) is 0 Å². The Bertz CT molecular complexity index is 54.4. The molecule has 0 spiro atoms. The number of hydrogen-bond donors (Lipinski definition) is 0. The Morgan fingerprint density at radius 1 is 1.00 bits per heavy atom. The van der Waals surface area contributed by atoms with Crippen molar-refractivity contribution in [2.24, 2.45) is 17.8 Å². The van der Waals surface area contributed by atoms with Gasteiger partial charge in [0.2, 0.25) is 0 Å². The fourth-order valence-electron chi connectivity index (χ4n) is 1.44. The lowest BCUT2D eigenvalue weighted by molar-refractivity contribution is 0.290. The molecule has 0 heteroatoms. The van der Waals surface area contributed by atoms with Gasteiger partial charge < -0.3 is 0 Å². The molecule has 0 aliphatic heterocycles. The highest BCUT2D eigenvalue weighted by Gasteiger charge is 2.13. The third kappa shape index (κ3) is 2.88. The molecule has 9 heavy (non-hydrogen) atoms. The lowest BCUT2D eigenvalue weighted by atomic mass is 9.84. The average molecular weight is 127 g/mol. The summed E-state index contributed by atoms with van der Waals surface area (Å²) in [6.07, 6.45) is 1.08. The van der Waals surface area contributed by atoms with E-state index in [0.29, 0.717) is 0 Å². The van der Waals surface area contributed by atoms with Crippen LogP contribution in [0.5, 0.6) is 0 Å². The van der Waals surface area contributed by atoms with Gasteiger partial charge in [-0.1, -0.05) is 34.6 Å². The van der Waals surface area contributed by atoms with Gasteiger partial charge in [0.05, 0.1) is 0 Å². The van der Waals surface area contributed by atoms with Gasteiger partial charge in [0.15, 0.2) is 0 Å². The van der Waals surface area contributed by atoms with E-state index in [1.807, 2.05) is 0 Å². The molecule has 0 amide bonds. The third-order valence-corrected chi connectivity index (χ3v) is 2.05. The van der Waals surface area contributed by atoms with Crippen molar-refractivity contribution in [3.63, 3.8) is 0 Å². The Hall–Kier alpha value is 0. The van der Waals surface area contributed by atoms with Gasteiger partial charge in [-0.2, -0.15) is 0 Å². The fourth-order valence-corrected chi connectivity index (χ4v) is 1.44. The van der Waals surface area contributed by atoms with Gasteiger partial charge >= 0.3 is 0 Å². The minimum Gasteiger partial charge on any atom is -0.0625 e. The van der Waals surface area contributed by atoms with Crippen molar-refractivity contribution in [2.45, 2.75) is 34.1 Å². The van der Waals surface area contributed by atoms with Crippen LogP contribution >= 0.6 is 0 Å². The Labute approximate surface area is 59.7 Å². The van der Waals surface area contributed by atoms with Crippen molar-refractivity contribution in [2.75, 3.05) is 0 Å². The zero-order valence-corrected chi connectivity index (χ0v) is 7.15. The average Bonchev–Trinajstić information content (AvgIpc) is 1.64. The lowest BCUT2D eigenvalue weighted by Crippen LogP contribution is -2.13. The Morgan fingerprint density at radius 3 is 1.33 bits per heavy atom. The normalized spacial score (nSPS) is 12.0. The molecule has 0 nitrogen and oxygen atoms in total. The molecule has 0 heterocycles. The molecule has 0 rings (SSSR count). The first-order chi connectivity index (χ1) is 4.09. The van der Waals surface area contributed by atoms with Crippen molar-refractivity contribution in [3.8, 4) is 0 Å². The maximum absolute atomic E-state index is 3.93. The maximum Gasteiger partial charge on any atom is -0.0368 e. The van der Waals surface area contributed by atoms with E-state index in [0.717, 1.165) is 24.2 Å². The molecule has 0 aromatic carbocycles. The van der Waals surface area contributed by atoms with E-state index in [2.05, 4.69) is 34.6 Å². The van der Waals surface area contributed by atoms with Crippen LogP contribution < -0.4 is 0 Å². The molecule has 0 bridgehead atoms. The van der Waals surface area contributed by atoms with E-state index in [1.54, 1.807) is 0 Å². The molecule has 0 saturated carbocycles. The van der Waals surface area contributed by atoms with Crippen LogP contribution in [0.25, 0.3) is 0 Å². The van der Waals surface area contributed by atoms with Crippen molar-refractivity contribution < 1.29 is 0 Å². The van der Waals surface area contributed by atoms with Gasteiger partial charge in [-0.15, -0.1) is 0 Å². The zero-order chi connectivity index (χ0) is 7.44. The summed E-state index contributed by atoms with van der Waals surface area (Å²) in [6, 6.07) is 0. The minimum absolute atomic E-state index is 0.794. The Balaban J connectivity index is 3.68. The number of hydrogen-bond acceptors (Lipinski definition) is 0. The van der Waals surface area contributed by atoms with E-state index in [4.69, 9.17) is 0 Å². The molecule has 0 aromatic rings. The van der Waals surface area contributed by atoms with E-state index in [-0.39, 0.29) is 0 Å². The van der Waals surface area contributed by atoms with E-state index in [9.17, 15) is 0 Å². The first-order valence-electron chi connectivity index (χ1n) is 3.88. The largest absolute Gasteiger partial charge is 0.0625 e. The first kappa shape index (κ1) is 9.00. The molecule has 0 unspecified atom stereocenters. The predicted octanol–water partition coefficient (Wildman–Crippen LogP) is 3.14. The highest BCUT2D eigenvalue weighted by Crippen LogP contribution is 2.22. The Morgan fingerprint density at radius 2 is 1.33 bits per heavy atom. The molecule has 0 atom stereocenters. The standard InChI is InChI=1S/C9H19/c1-6-9(7(2)3)8(4)5/h7-9H,1,6H2,2-5H3. The summed E-state index contributed by atoms with van der Waals surface area (Å²) in [5.41, 5.74) is 0. The summed E-state index contributed by atoms with van der Waals surface area (Å²) in [7, 11) is 0. The van der Waals surface area contributed by atoms with Crippen molar-refractivity contribution in [1.82, 2.24) is 0 Å². The van der Waals surface area contributed by atoms with Crippen LogP contribution in [0.1, 0.15) is 34.1 Å². The van der Waals surface area contributed by atoms with Crippen LogP contribution in [0.3, 0.4) is 0 Å². The second-order valence-corrected chi connectivity index (χ2v) is 3.44. The van der Waals surface area contributed by atoms with Crippen molar-refractivity contribution >= 4 is 0 Å². The van der Waals surface area contributed by atoms with Crippen LogP contribution in [0.2, 0.25) is 0 Å². The monoisotopic (exact) mass is 127 g/mol. The highest BCUT2D eigenvalue weighted by atomic mass is 14.2. The van der Waals surface area contributed by atoms with Crippen molar-refractivity contribution in [1.29, 1.82) is 0 Å². The van der Waals surface area contributed by atoms with Crippen LogP contribution in [-0.2, 0) is 0 Å². The summed E-state index contributed by atoms with van der Waals surface area (Å²) in [5, 5.41) is 0. The van der Waals surface area contributed by atoms with Crippen LogP contribution in [0.15, 0.2) is 0 Å². The first-order valence-corrected chi connectivity index (χ1v) is 3.88. The summed E-state index contributed by atoms with van der Waals surface area (Å²) in [4.78, 5) is 0. The summed E-state index contributed by atoms with van der Waals surface area (Å²) in [6.45, 7) is 13.0. The van der Waals surface area contributed by atoms with Crippen LogP contribution in [0, 0.1) is 24.7 Å². The second kappa shape index (κ2) is 3.92. The molecule has 0 saturated heterocycles. The second-order valence-electron chi connectivity index (χ2n) is 3.44. The zero-order valence-electron chi connectivity index (χ0n) is 7.15. The molecule has 0 N–H and O–H groups in total. The van der Waals surface area contributed by atoms with Gasteiger partial charge in [-0.3, -0.25) is 0 Å². The quantitative estimate of drug-likeness (QED) is 0.546. The van der Waals surface area contributed by atoms with Gasteiger partial charge in [-0.25, -0.2) is 0 Å². The van der Waals surface area contributed by atoms with Gasteiger partial charge in [-0.05, 0) is 24.2 Å². The lowest BCUT2D eigenvalue weighted by Gasteiger charge is -2.22. The molecule has 0 fully saturated rings. The highest BCUT2D eigenvalue weighted by molar-refractivity contribution is 4.66. The number of rotatable bonds is 3. The van der Waals surface area contributed by atoms with Crippen LogP contribution in [0.4, 0.5) is 0 Å². The molecular formula is C9H19. The summed E-state index contributed by atoms with van der Waals surface area (Å²) in [5.74, 6) is 2.40. The molecule has 1 radical (unpaired) electrons. The van der Waals surface area contributed by atoms with Gasteiger partial charge in [0.25, 0.3) is 0 Å². The molecule has 0 aromatic heterocycles. The molecule has 55 valence electrons. The third-order valence-electron chi connectivity index (χ3n) is 2.05. The van der Waals surface area contributed by atoms with Gasteiger partial charge in [0.1, 0.15) is 0 Å². The summed E-state index contributed by atoms with van der Waals surface area (Å²) < 4.78 is 0. The molecule has 0 aliphatic rings. The SMILES string of the molecule is [CH2]CC(C(C)C)C(C)C. The molecule has 0 aliphatic carbocycles. The minimum atomic E-state index is 0.794. The summed E-state index contributed by atoms with van der Waals surface area (Å²) >= 11 is 0. The van der Waals surface area contributed by atoms with E-state index in [1.165, 1.54) is 0 Å². The van der Waals surface area contributed by atoms with E-state index >= 15 is 0 Å². The fraction of sp³-hybridized carbons (Fsp3) is 0.889. The van der Waals surface area contributed by atoms with Crippen molar-refractivity contribution in [3.05, 3.63) is 6.92 Å². The van der Waals surface area contributed by atoms with E-state index < -0.39 is 0 Å². The smallest absolute Gasteiger partial charge is 0.0368 e. The van der Waals surface area contributed by atoms with Gasteiger partial charge in [0, 0.05) is 0 Å². The maximum atomic E-state index is 3.93. The molecular weight excluding hydrogens is 108 g/mol. The Kier molecular flexibility index (Phi) is 3.92. The predicted molar refractivity (Wildman–Crippen MR) is 43.1 cm³/mol.